The number of rotatable bonds is 4. The van der Waals surface area contributed by atoms with Crippen LogP contribution in [0.3, 0.4) is 0 Å². The molecule has 0 saturated heterocycles. The second-order valence-electron chi connectivity index (χ2n) is 4.18. The summed E-state index contributed by atoms with van der Waals surface area (Å²) >= 11 is 5.29. The van der Waals surface area contributed by atoms with E-state index in [1.54, 1.807) is 11.3 Å². The van der Waals surface area contributed by atoms with Crippen LogP contribution in [0.4, 0.5) is 0 Å². The molecule has 0 spiro atoms. The summed E-state index contributed by atoms with van der Waals surface area (Å²) in [6.45, 7) is 6.59. The minimum atomic E-state index is 0.215. The normalized spacial score (nSPS) is 13.6. The molecule has 0 unspecified atom stereocenters. The van der Waals surface area contributed by atoms with E-state index in [-0.39, 0.29) is 6.04 Å². The van der Waals surface area contributed by atoms with Crippen molar-refractivity contribution >= 4 is 27.3 Å². The van der Waals surface area contributed by atoms with Gasteiger partial charge in [0.05, 0.1) is 3.79 Å². The van der Waals surface area contributed by atoms with Crippen molar-refractivity contribution < 1.29 is 0 Å². The van der Waals surface area contributed by atoms with Crippen molar-refractivity contribution in [3.05, 3.63) is 20.3 Å². The van der Waals surface area contributed by atoms with Crippen molar-refractivity contribution in [1.29, 1.82) is 0 Å². The predicted molar refractivity (Wildman–Crippen MR) is 67.8 cm³/mol. The lowest BCUT2D eigenvalue weighted by Crippen LogP contribution is -2.09. The Morgan fingerprint density at radius 2 is 2.07 bits per heavy atom. The Morgan fingerprint density at radius 1 is 1.43 bits per heavy atom. The molecule has 2 N–H and O–H groups in total. The van der Waals surface area contributed by atoms with Crippen LogP contribution in [0.1, 0.15) is 43.2 Å². The van der Waals surface area contributed by atoms with Crippen LogP contribution >= 0.6 is 27.3 Å². The molecule has 0 radical (unpaired) electrons. The molecule has 14 heavy (non-hydrogen) atoms. The zero-order chi connectivity index (χ0) is 10.7. The molecule has 0 fully saturated rings. The SMILES string of the molecule is Cc1cc([C@@H](N)CCC(C)C)sc1Br. The topological polar surface area (TPSA) is 26.0 Å². The predicted octanol–water partition coefficient (Wildman–Crippen LogP) is 4.26. The molecule has 3 heteroatoms. The Bertz CT molecular complexity index is 274. The van der Waals surface area contributed by atoms with Gasteiger partial charge in [-0.3, -0.25) is 0 Å². The van der Waals surface area contributed by atoms with Gasteiger partial charge in [-0.1, -0.05) is 13.8 Å². The molecular formula is C11H18BrNS. The summed E-state index contributed by atoms with van der Waals surface area (Å²) < 4.78 is 1.22. The van der Waals surface area contributed by atoms with E-state index in [1.165, 1.54) is 20.6 Å². The fourth-order valence-corrected chi connectivity index (χ4v) is 2.93. The van der Waals surface area contributed by atoms with Crippen LogP contribution in [0.15, 0.2) is 9.85 Å². The number of hydrogen-bond donors (Lipinski definition) is 1. The lowest BCUT2D eigenvalue weighted by Gasteiger charge is -2.10. The van der Waals surface area contributed by atoms with Crippen LogP contribution in [0.2, 0.25) is 0 Å². The first kappa shape index (κ1) is 12.2. The maximum atomic E-state index is 6.12. The lowest BCUT2D eigenvalue weighted by molar-refractivity contribution is 0.510. The molecule has 1 nitrogen and oxygen atoms in total. The smallest absolute Gasteiger partial charge is 0.0731 e. The summed E-state index contributed by atoms with van der Waals surface area (Å²) in [7, 11) is 0. The van der Waals surface area contributed by atoms with Crippen LogP contribution in [0.25, 0.3) is 0 Å². The molecule has 1 aromatic heterocycles. The fourth-order valence-electron chi connectivity index (χ4n) is 1.32. The third kappa shape index (κ3) is 3.37. The Kier molecular flexibility index (Phi) is 4.61. The van der Waals surface area contributed by atoms with Crippen molar-refractivity contribution in [2.24, 2.45) is 11.7 Å². The highest BCUT2D eigenvalue weighted by Gasteiger charge is 2.11. The zero-order valence-corrected chi connectivity index (χ0v) is 11.4. The van der Waals surface area contributed by atoms with E-state index in [0.29, 0.717) is 0 Å². The monoisotopic (exact) mass is 275 g/mol. The van der Waals surface area contributed by atoms with Crippen LogP contribution in [-0.4, -0.2) is 0 Å². The average Bonchev–Trinajstić information content (AvgIpc) is 2.43. The Balaban J connectivity index is 2.56. The first-order valence-corrected chi connectivity index (χ1v) is 6.63. The third-order valence-corrected chi connectivity index (χ3v) is 4.57. The van der Waals surface area contributed by atoms with Crippen LogP contribution in [-0.2, 0) is 0 Å². The van der Waals surface area contributed by atoms with Gasteiger partial charge in [-0.25, -0.2) is 0 Å². The Labute approximate surface area is 98.8 Å². The number of halogens is 1. The molecule has 0 aliphatic rings. The van der Waals surface area contributed by atoms with E-state index in [2.05, 4.69) is 42.8 Å². The minimum Gasteiger partial charge on any atom is -0.323 e. The van der Waals surface area contributed by atoms with Gasteiger partial charge in [-0.2, -0.15) is 0 Å². The molecule has 80 valence electrons. The van der Waals surface area contributed by atoms with E-state index in [9.17, 15) is 0 Å². The largest absolute Gasteiger partial charge is 0.323 e. The van der Waals surface area contributed by atoms with Gasteiger partial charge < -0.3 is 5.73 Å². The number of hydrogen-bond acceptors (Lipinski definition) is 2. The molecule has 0 amide bonds. The molecule has 0 aliphatic heterocycles. The molecule has 1 rings (SSSR count). The first-order valence-electron chi connectivity index (χ1n) is 5.02. The maximum Gasteiger partial charge on any atom is 0.0731 e. The molecule has 1 heterocycles. The van der Waals surface area contributed by atoms with Crippen molar-refractivity contribution in [3.8, 4) is 0 Å². The van der Waals surface area contributed by atoms with Crippen LogP contribution < -0.4 is 5.73 Å². The summed E-state index contributed by atoms with van der Waals surface area (Å²) in [5, 5.41) is 0. The molecule has 0 aliphatic carbocycles. The molecule has 0 bridgehead atoms. The average molecular weight is 276 g/mol. The summed E-state index contributed by atoms with van der Waals surface area (Å²) in [6.07, 6.45) is 2.29. The lowest BCUT2D eigenvalue weighted by atomic mass is 10.0. The Hall–Kier alpha value is 0.140. The highest BCUT2D eigenvalue weighted by molar-refractivity contribution is 9.11. The van der Waals surface area contributed by atoms with E-state index in [4.69, 9.17) is 5.73 Å². The van der Waals surface area contributed by atoms with Crippen molar-refractivity contribution in [3.63, 3.8) is 0 Å². The van der Waals surface area contributed by atoms with Gasteiger partial charge in [-0.15, -0.1) is 11.3 Å². The summed E-state index contributed by atoms with van der Waals surface area (Å²) in [6, 6.07) is 2.41. The van der Waals surface area contributed by atoms with E-state index >= 15 is 0 Å². The summed E-state index contributed by atoms with van der Waals surface area (Å²) in [5.74, 6) is 0.741. The Morgan fingerprint density at radius 3 is 2.50 bits per heavy atom. The van der Waals surface area contributed by atoms with Crippen molar-refractivity contribution in [1.82, 2.24) is 0 Å². The second kappa shape index (κ2) is 5.29. The molecule has 0 saturated carbocycles. The number of aryl methyl sites for hydroxylation is 1. The van der Waals surface area contributed by atoms with Gasteiger partial charge in [0.2, 0.25) is 0 Å². The van der Waals surface area contributed by atoms with E-state index < -0.39 is 0 Å². The zero-order valence-electron chi connectivity index (χ0n) is 9.01. The molecule has 0 aromatic carbocycles. The summed E-state index contributed by atoms with van der Waals surface area (Å²) in [4.78, 5) is 1.30. The van der Waals surface area contributed by atoms with E-state index in [1.807, 2.05) is 0 Å². The minimum absolute atomic E-state index is 0.215. The second-order valence-corrected chi connectivity index (χ2v) is 6.58. The maximum absolute atomic E-state index is 6.12. The van der Waals surface area contributed by atoms with Gasteiger partial charge in [0.15, 0.2) is 0 Å². The van der Waals surface area contributed by atoms with Gasteiger partial charge in [0.1, 0.15) is 0 Å². The van der Waals surface area contributed by atoms with Crippen molar-refractivity contribution in [2.45, 2.75) is 39.7 Å². The third-order valence-electron chi connectivity index (χ3n) is 2.30. The highest BCUT2D eigenvalue weighted by atomic mass is 79.9. The van der Waals surface area contributed by atoms with E-state index in [0.717, 1.165) is 12.3 Å². The van der Waals surface area contributed by atoms with Gasteiger partial charge in [-0.05, 0) is 53.2 Å². The van der Waals surface area contributed by atoms with Gasteiger partial charge in [0.25, 0.3) is 0 Å². The number of nitrogens with two attached hydrogens (primary N) is 1. The standard InChI is InChI=1S/C11H18BrNS/c1-7(2)4-5-9(13)10-6-8(3)11(12)14-10/h6-7,9H,4-5,13H2,1-3H3/t9-/m0/s1. The highest BCUT2D eigenvalue weighted by Crippen LogP contribution is 2.32. The van der Waals surface area contributed by atoms with Crippen LogP contribution in [0, 0.1) is 12.8 Å². The molecule has 1 atom stereocenters. The van der Waals surface area contributed by atoms with Gasteiger partial charge >= 0.3 is 0 Å². The molecule has 1 aromatic rings. The summed E-state index contributed by atoms with van der Waals surface area (Å²) in [5.41, 5.74) is 7.41. The quantitative estimate of drug-likeness (QED) is 0.873. The molecular weight excluding hydrogens is 258 g/mol. The van der Waals surface area contributed by atoms with Crippen molar-refractivity contribution in [2.75, 3.05) is 0 Å². The van der Waals surface area contributed by atoms with Crippen LogP contribution in [0.5, 0.6) is 0 Å². The fraction of sp³-hybridized carbons (Fsp3) is 0.636. The van der Waals surface area contributed by atoms with Gasteiger partial charge in [0, 0.05) is 10.9 Å². The first-order chi connectivity index (χ1) is 6.50. The number of thiophene rings is 1.